The molecular formula is C7H18N2O2S. The lowest BCUT2D eigenvalue weighted by molar-refractivity contribution is 0.449. The number of hydrogen-bond acceptors (Lipinski definition) is 4. The summed E-state index contributed by atoms with van der Waals surface area (Å²) in [5.74, 6) is 5.78. The summed E-state index contributed by atoms with van der Waals surface area (Å²) in [5, 5.41) is 0. The Hall–Kier alpha value is -0.130. The van der Waals surface area contributed by atoms with E-state index >= 15 is 0 Å². The average molecular weight is 194 g/mol. The van der Waals surface area contributed by atoms with E-state index < -0.39 is 9.84 Å². The molecule has 0 spiro atoms. The Morgan fingerprint density at radius 1 is 1.42 bits per heavy atom. The van der Waals surface area contributed by atoms with Gasteiger partial charge in [-0.2, -0.15) is 0 Å². The molecular weight excluding hydrogens is 176 g/mol. The fraction of sp³-hybridized carbons (Fsp3) is 1.00. The first-order valence-corrected chi connectivity index (χ1v) is 6.05. The molecule has 0 radical (unpaired) electrons. The normalized spacial score (nSPS) is 15.1. The molecule has 0 heterocycles. The highest BCUT2D eigenvalue weighted by Crippen LogP contribution is 2.05. The molecule has 4 nitrogen and oxygen atoms in total. The van der Waals surface area contributed by atoms with Gasteiger partial charge in [0, 0.05) is 12.3 Å². The van der Waals surface area contributed by atoms with E-state index in [1.165, 1.54) is 6.26 Å². The molecule has 0 aliphatic carbocycles. The lowest BCUT2D eigenvalue weighted by Crippen LogP contribution is -2.40. The van der Waals surface area contributed by atoms with Crippen LogP contribution in [-0.2, 0) is 9.84 Å². The lowest BCUT2D eigenvalue weighted by Gasteiger charge is -2.16. The van der Waals surface area contributed by atoms with Gasteiger partial charge < -0.3 is 0 Å². The third-order valence-electron chi connectivity index (χ3n) is 1.50. The molecule has 0 rings (SSSR count). The van der Waals surface area contributed by atoms with Gasteiger partial charge in [-0.25, -0.2) is 8.42 Å². The van der Waals surface area contributed by atoms with Crippen LogP contribution in [0.4, 0.5) is 0 Å². The van der Waals surface area contributed by atoms with Gasteiger partial charge in [-0.3, -0.25) is 11.3 Å². The van der Waals surface area contributed by atoms with Crippen LogP contribution >= 0.6 is 0 Å². The first-order valence-electron chi connectivity index (χ1n) is 3.99. The SMILES string of the molecule is CC(C)CC(CS(C)(=O)=O)NN. The number of hydrogen-bond donors (Lipinski definition) is 2. The first-order chi connectivity index (χ1) is 5.35. The summed E-state index contributed by atoms with van der Waals surface area (Å²) in [4.78, 5) is 0. The summed E-state index contributed by atoms with van der Waals surface area (Å²) in [6.45, 7) is 4.07. The van der Waals surface area contributed by atoms with E-state index in [9.17, 15) is 8.42 Å². The predicted molar refractivity (Wildman–Crippen MR) is 50.3 cm³/mol. The second-order valence-electron chi connectivity index (χ2n) is 3.59. The highest BCUT2D eigenvalue weighted by molar-refractivity contribution is 7.90. The smallest absolute Gasteiger partial charge is 0.149 e. The Morgan fingerprint density at radius 2 is 1.92 bits per heavy atom. The number of hydrazine groups is 1. The topological polar surface area (TPSA) is 72.2 Å². The van der Waals surface area contributed by atoms with Crippen molar-refractivity contribution < 1.29 is 8.42 Å². The minimum absolute atomic E-state index is 0.113. The average Bonchev–Trinajstić information content (AvgIpc) is 1.82. The number of nitrogens with two attached hydrogens (primary N) is 1. The summed E-state index contributed by atoms with van der Waals surface area (Å²) in [6.07, 6.45) is 2.00. The molecule has 0 aromatic rings. The Bertz CT molecular complexity index is 211. The third kappa shape index (κ3) is 6.57. The zero-order valence-corrected chi connectivity index (χ0v) is 8.69. The molecule has 0 aromatic heterocycles. The quantitative estimate of drug-likeness (QED) is 0.474. The van der Waals surface area contributed by atoms with Crippen molar-refractivity contribution in [1.29, 1.82) is 0 Å². The Balaban J connectivity index is 4.01. The van der Waals surface area contributed by atoms with Gasteiger partial charge >= 0.3 is 0 Å². The van der Waals surface area contributed by atoms with Crippen molar-refractivity contribution in [3.05, 3.63) is 0 Å². The van der Waals surface area contributed by atoms with E-state index in [1.807, 2.05) is 13.8 Å². The van der Waals surface area contributed by atoms with Crippen LogP contribution in [0.5, 0.6) is 0 Å². The molecule has 0 amide bonds. The van der Waals surface area contributed by atoms with Gasteiger partial charge in [0.25, 0.3) is 0 Å². The summed E-state index contributed by atoms with van der Waals surface area (Å²) < 4.78 is 21.8. The van der Waals surface area contributed by atoms with Crippen LogP contribution < -0.4 is 11.3 Å². The van der Waals surface area contributed by atoms with Crippen molar-refractivity contribution in [3.8, 4) is 0 Å². The highest BCUT2D eigenvalue weighted by atomic mass is 32.2. The maximum absolute atomic E-state index is 10.9. The van der Waals surface area contributed by atoms with Crippen molar-refractivity contribution in [1.82, 2.24) is 5.43 Å². The molecule has 1 atom stereocenters. The standard InChI is InChI=1S/C7H18N2O2S/c1-6(2)4-7(9-8)5-12(3,10)11/h6-7,9H,4-5,8H2,1-3H3. The van der Waals surface area contributed by atoms with E-state index in [0.717, 1.165) is 6.42 Å². The van der Waals surface area contributed by atoms with Crippen molar-refractivity contribution in [2.45, 2.75) is 26.3 Å². The molecule has 1 unspecified atom stereocenters. The molecule has 0 aliphatic heterocycles. The largest absolute Gasteiger partial charge is 0.271 e. The molecule has 0 aromatic carbocycles. The lowest BCUT2D eigenvalue weighted by atomic mass is 10.1. The van der Waals surface area contributed by atoms with Crippen molar-refractivity contribution in [2.75, 3.05) is 12.0 Å². The third-order valence-corrected chi connectivity index (χ3v) is 2.50. The Labute approximate surface area is 74.4 Å². The Kier molecular flexibility index (Phi) is 4.74. The molecule has 3 N–H and O–H groups in total. The number of sulfone groups is 1. The minimum atomic E-state index is -2.92. The monoisotopic (exact) mass is 194 g/mol. The summed E-state index contributed by atoms with van der Waals surface area (Å²) in [6, 6.07) is -0.125. The van der Waals surface area contributed by atoms with Crippen LogP contribution in [0, 0.1) is 5.92 Å². The van der Waals surface area contributed by atoms with Crippen LogP contribution in [0.2, 0.25) is 0 Å². The molecule has 0 aliphatic rings. The zero-order chi connectivity index (χ0) is 9.78. The summed E-state index contributed by atoms with van der Waals surface area (Å²) in [5.41, 5.74) is 2.51. The van der Waals surface area contributed by atoms with Gasteiger partial charge in [-0.05, 0) is 12.3 Å². The van der Waals surface area contributed by atoms with Gasteiger partial charge in [0.15, 0.2) is 0 Å². The molecule has 5 heteroatoms. The van der Waals surface area contributed by atoms with Gasteiger partial charge in [0.1, 0.15) is 9.84 Å². The van der Waals surface area contributed by atoms with E-state index in [0.29, 0.717) is 5.92 Å². The maximum Gasteiger partial charge on any atom is 0.149 e. The van der Waals surface area contributed by atoms with Crippen LogP contribution in [-0.4, -0.2) is 26.5 Å². The predicted octanol–water partition coefficient (Wildman–Crippen LogP) is -0.0910. The molecule has 0 bridgehead atoms. The van der Waals surface area contributed by atoms with Crippen LogP contribution in [0.1, 0.15) is 20.3 Å². The first kappa shape index (κ1) is 11.9. The van der Waals surface area contributed by atoms with E-state index in [1.54, 1.807) is 0 Å². The second-order valence-corrected chi connectivity index (χ2v) is 5.77. The van der Waals surface area contributed by atoms with E-state index in [-0.39, 0.29) is 11.8 Å². The fourth-order valence-electron chi connectivity index (χ4n) is 1.12. The molecule has 0 saturated heterocycles. The number of nitrogens with one attached hydrogen (secondary N) is 1. The fourth-order valence-corrected chi connectivity index (χ4v) is 2.08. The molecule has 0 fully saturated rings. The highest BCUT2D eigenvalue weighted by Gasteiger charge is 2.14. The van der Waals surface area contributed by atoms with Crippen molar-refractivity contribution in [3.63, 3.8) is 0 Å². The molecule has 0 saturated carbocycles. The van der Waals surface area contributed by atoms with Crippen molar-refractivity contribution >= 4 is 9.84 Å². The van der Waals surface area contributed by atoms with Gasteiger partial charge in [0.2, 0.25) is 0 Å². The van der Waals surface area contributed by atoms with Crippen LogP contribution in [0.3, 0.4) is 0 Å². The van der Waals surface area contributed by atoms with Crippen LogP contribution in [0.25, 0.3) is 0 Å². The zero-order valence-electron chi connectivity index (χ0n) is 7.87. The van der Waals surface area contributed by atoms with E-state index in [4.69, 9.17) is 5.84 Å². The summed E-state index contributed by atoms with van der Waals surface area (Å²) >= 11 is 0. The van der Waals surface area contributed by atoms with Crippen molar-refractivity contribution in [2.24, 2.45) is 11.8 Å². The van der Waals surface area contributed by atoms with E-state index in [2.05, 4.69) is 5.43 Å². The Morgan fingerprint density at radius 3 is 2.17 bits per heavy atom. The van der Waals surface area contributed by atoms with Crippen LogP contribution in [0.15, 0.2) is 0 Å². The maximum atomic E-state index is 10.9. The minimum Gasteiger partial charge on any atom is -0.271 e. The second kappa shape index (κ2) is 4.79. The summed E-state index contributed by atoms with van der Waals surface area (Å²) in [7, 11) is -2.92. The molecule has 74 valence electrons. The molecule has 12 heavy (non-hydrogen) atoms. The number of rotatable bonds is 5. The van der Waals surface area contributed by atoms with Gasteiger partial charge in [0.05, 0.1) is 5.75 Å². The van der Waals surface area contributed by atoms with Gasteiger partial charge in [-0.1, -0.05) is 13.8 Å². The van der Waals surface area contributed by atoms with Gasteiger partial charge in [-0.15, -0.1) is 0 Å².